The first kappa shape index (κ1) is 9.94. The molecule has 0 saturated carbocycles. The van der Waals surface area contributed by atoms with Gasteiger partial charge in [-0.3, -0.25) is 4.98 Å². The number of nitrogens with zero attached hydrogens (tertiary/aromatic N) is 1. The third-order valence-corrected chi connectivity index (χ3v) is 2.42. The summed E-state index contributed by atoms with van der Waals surface area (Å²) in [5, 5.41) is 0.729. The van der Waals surface area contributed by atoms with Crippen LogP contribution in [-0.4, -0.2) is 4.98 Å². The molecular formula is C13H10ClN. The Morgan fingerprint density at radius 1 is 1.07 bits per heavy atom. The molecule has 0 aliphatic heterocycles. The highest BCUT2D eigenvalue weighted by Crippen LogP contribution is 2.20. The molecule has 74 valence electrons. The van der Waals surface area contributed by atoms with Gasteiger partial charge < -0.3 is 0 Å². The van der Waals surface area contributed by atoms with Gasteiger partial charge in [0.15, 0.2) is 0 Å². The summed E-state index contributed by atoms with van der Waals surface area (Å²) in [7, 11) is 0. The number of benzene rings is 1. The van der Waals surface area contributed by atoms with Crippen molar-refractivity contribution in [2.75, 3.05) is 0 Å². The van der Waals surface area contributed by atoms with E-state index in [1.54, 1.807) is 6.20 Å². The van der Waals surface area contributed by atoms with Crippen LogP contribution >= 0.6 is 11.6 Å². The predicted octanol–water partition coefficient (Wildman–Crippen LogP) is 3.80. The van der Waals surface area contributed by atoms with Crippen molar-refractivity contribution in [2.45, 2.75) is 0 Å². The summed E-state index contributed by atoms with van der Waals surface area (Å²) >= 11 is 5.82. The van der Waals surface area contributed by atoms with Gasteiger partial charge in [-0.1, -0.05) is 36.4 Å². The number of aromatic nitrogens is 1. The fourth-order valence-electron chi connectivity index (χ4n) is 1.34. The largest absolute Gasteiger partial charge is 0.256 e. The summed E-state index contributed by atoms with van der Waals surface area (Å²) in [5.74, 6) is 0. The van der Waals surface area contributed by atoms with Crippen molar-refractivity contribution < 1.29 is 0 Å². The van der Waals surface area contributed by atoms with E-state index >= 15 is 0 Å². The quantitative estimate of drug-likeness (QED) is 0.743. The molecule has 0 saturated heterocycles. The van der Waals surface area contributed by atoms with Crippen molar-refractivity contribution in [1.82, 2.24) is 4.98 Å². The fourth-order valence-corrected chi connectivity index (χ4v) is 1.47. The molecule has 1 aromatic heterocycles. The van der Waals surface area contributed by atoms with Crippen LogP contribution in [0.4, 0.5) is 0 Å². The lowest BCUT2D eigenvalue weighted by atomic mass is 10.0. The van der Waals surface area contributed by atoms with Crippen LogP contribution in [0.3, 0.4) is 0 Å². The Hall–Kier alpha value is -1.60. The topological polar surface area (TPSA) is 12.9 Å². The smallest absolute Gasteiger partial charge is 0.0701 e. The molecule has 0 N–H and O–H groups in total. The fraction of sp³-hybridized carbons (Fsp3) is 0. The Kier molecular flexibility index (Phi) is 2.84. The molecule has 2 aromatic rings. The lowest BCUT2D eigenvalue weighted by molar-refractivity contribution is 1.27. The van der Waals surface area contributed by atoms with Gasteiger partial charge in [-0.25, -0.2) is 0 Å². The minimum Gasteiger partial charge on any atom is -0.256 e. The van der Waals surface area contributed by atoms with Crippen molar-refractivity contribution in [3.05, 3.63) is 71.5 Å². The van der Waals surface area contributed by atoms with E-state index in [4.69, 9.17) is 11.6 Å². The minimum absolute atomic E-state index is 0.729. The maximum Gasteiger partial charge on any atom is 0.0701 e. The van der Waals surface area contributed by atoms with Crippen LogP contribution in [0.15, 0.2) is 55.2 Å². The Morgan fingerprint density at radius 2 is 1.80 bits per heavy atom. The van der Waals surface area contributed by atoms with Crippen LogP contribution in [0.25, 0.3) is 5.57 Å². The average Bonchev–Trinajstić information content (AvgIpc) is 2.30. The summed E-state index contributed by atoms with van der Waals surface area (Å²) in [5.41, 5.74) is 2.84. The van der Waals surface area contributed by atoms with E-state index in [9.17, 15) is 0 Å². The molecule has 2 heteroatoms. The van der Waals surface area contributed by atoms with E-state index in [-0.39, 0.29) is 0 Å². The Labute approximate surface area is 94.1 Å². The van der Waals surface area contributed by atoms with Gasteiger partial charge in [0.1, 0.15) is 0 Å². The highest BCUT2D eigenvalue weighted by atomic mass is 35.5. The van der Waals surface area contributed by atoms with Crippen molar-refractivity contribution in [3.63, 3.8) is 0 Å². The van der Waals surface area contributed by atoms with Crippen LogP contribution in [0, 0.1) is 0 Å². The van der Waals surface area contributed by atoms with Gasteiger partial charge in [0.25, 0.3) is 0 Å². The molecule has 0 unspecified atom stereocenters. The molecule has 0 amide bonds. The molecule has 1 aromatic carbocycles. The minimum atomic E-state index is 0.729. The highest BCUT2D eigenvalue weighted by Gasteiger charge is 2.02. The summed E-state index contributed by atoms with van der Waals surface area (Å²) < 4.78 is 0. The highest BCUT2D eigenvalue weighted by molar-refractivity contribution is 6.30. The maximum absolute atomic E-state index is 5.82. The third-order valence-electron chi connectivity index (χ3n) is 2.17. The number of rotatable bonds is 2. The van der Waals surface area contributed by atoms with E-state index in [1.807, 2.05) is 42.5 Å². The van der Waals surface area contributed by atoms with Gasteiger partial charge in [0.2, 0.25) is 0 Å². The van der Waals surface area contributed by atoms with Crippen LogP contribution < -0.4 is 0 Å². The zero-order valence-electron chi connectivity index (χ0n) is 8.15. The summed E-state index contributed by atoms with van der Waals surface area (Å²) in [6.45, 7) is 4.02. The van der Waals surface area contributed by atoms with E-state index in [0.29, 0.717) is 0 Å². The monoisotopic (exact) mass is 215 g/mol. The molecule has 1 heterocycles. The maximum atomic E-state index is 5.82. The SMILES string of the molecule is C=C(c1ccc(Cl)cc1)c1ccccn1. The molecule has 0 bridgehead atoms. The Balaban J connectivity index is 2.33. The van der Waals surface area contributed by atoms with E-state index in [2.05, 4.69) is 11.6 Å². The third kappa shape index (κ3) is 2.25. The summed E-state index contributed by atoms with van der Waals surface area (Å²) in [4.78, 5) is 4.24. The second kappa shape index (κ2) is 4.28. The Morgan fingerprint density at radius 3 is 2.40 bits per heavy atom. The second-order valence-electron chi connectivity index (χ2n) is 3.20. The zero-order chi connectivity index (χ0) is 10.7. The molecule has 0 spiro atoms. The number of pyridine rings is 1. The molecular weight excluding hydrogens is 206 g/mol. The molecule has 0 aliphatic carbocycles. The van der Waals surface area contributed by atoms with E-state index in [0.717, 1.165) is 21.9 Å². The van der Waals surface area contributed by atoms with Crippen molar-refractivity contribution >= 4 is 17.2 Å². The second-order valence-corrected chi connectivity index (χ2v) is 3.64. The molecule has 0 aliphatic rings. The first-order valence-electron chi connectivity index (χ1n) is 4.63. The van der Waals surface area contributed by atoms with Gasteiger partial charge in [-0.15, -0.1) is 0 Å². The van der Waals surface area contributed by atoms with Gasteiger partial charge in [-0.05, 0) is 29.8 Å². The van der Waals surface area contributed by atoms with E-state index in [1.165, 1.54) is 0 Å². The average molecular weight is 216 g/mol. The summed E-state index contributed by atoms with van der Waals surface area (Å²) in [6, 6.07) is 13.4. The van der Waals surface area contributed by atoms with Crippen molar-refractivity contribution in [3.8, 4) is 0 Å². The number of hydrogen-bond acceptors (Lipinski definition) is 1. The standard InChI is InChI=1S/C13H10ClN/c1-10(13-4-2-3-9-15-13)11-5-7-12(14)8-6-11/h2-9H,1H2. The van der Waals surface area contributed by atoms with Gasteiger partial charge in [0.05, 0.1) is 5.69 Å². The molecule has 0 atom stereocenters. The van der Waals surface area contributed by atoms with E-state index < -0.39 is 0 Å². The molecule has 0 fully saturated rings. The lowest BCUT2D eigenvalue weighted by Crippen LogP contribution is -1.88. The van der Waals surface area contributed by atoms with Crippen LogP contribution in [0.1, 0.15) is 11.3 Å². The van der Waals surface area contributed by atoms with Gasteiger partial charge in [-0.2, -0.15) is 0 Å². The first-order chi connectivity index (χ1) is 7.27. The summed E-state index contributed by atoms with van der Waals surface area (Å²) in [6.07, 6.45) is 1.76. The Bertz CT molecular complexity index is 460. The van der Waals surface area contributed by atoms with Crippen LogP contribution in [0.5, 0.6) is 0 Å². The van der Waals surface area contributed by atoms with Crippen LogP contribution in [-0.2, 0) is 0 Å². The van der Waals surface area contributed by atoms with Gasteiger partial charge >= 0.3 is 0 Å². The zero-order valence-corrected chi connectivity index (χ0v) is 8.91. The lowest BCUT2D eigenvalue weighted by Gasteiger charge is -2.04. The van der Waals surface area contributed by atoms with Crippen molar-refractivity contribution in [1.29, 1.82) is 0 Å². The molecule has 0 radical (unpaired) electrons. The van der Waals surface area contributed by atoms with Gasteiger partial charge in [0, 0.05) is 16.8 Å². The number of halogens is 1. The molecule has 15 heavy (non-hydrogen) atoms. The predicted molar refractivity (Wildman–Crippen MR) is 63.8 cm³/mol. The molecule has 1 nitrogen and oxygen atoms in total. The first-order valence-corrected chi connectivity index (χ1v) is 5.01. The normalized spacial score (nSPS) is 9.93. The van der Waals surface area contributed by atoms with Crippen LogP contribution in [0.2, 0.25) is 5.02 Å². The number of hydrogen-bond donors (Lipinski definition) is 0. The van der Waals surface area contributed by atoms with Crippen molar-refractivity contribution in [2.24, 2.45) is 0 Å². The molecule has 2 rings (SSSR count).